The van der Waals surface area contributed by atoms with Crippen LogP contribution in [0.15, 0.2) is 91.0 Å². The smallest absolute Gasteiger partial charge is 0.356 e. The molecule has 6 heteroatoms. The first-order valence-corrected chi connectivity index (χ1v) is 14.9. The summed E-state index contributed by atoms with van der Waals surface area (Å²) in [7, 11) is -2.83. The molecule has 0 radical (unpaired) electrons. The molecular formula is C31H39NO4Si. The fourth-order valence-corrected chi connectivity index (χ4v) is 10.2. The Kier molecular flexibility index (Phi) is 9.10. The van der Waals surface area contributed by atoms with E-state index in [-0.39, 0.29) is 10.1 Å². The first-order valence-electron chi connectivity index (χ1n) is 12.8. The number of rotatable bonds is 9. The molecule has 5 nitrogen and oxygen atoms in total. The zero-order valence-electron chi connectivity index (χ0n) is 22.8. The maximum Gasteiger partial charge on any atom is 0.356 e. The molecule has 0 unspecified atom stereocenters. The van der Waals surface area contributed by atoms with Crippen molar-refractivity contribution in [2.24, 2.45) is 0 Å². The summed E-state index contributed by atoms with van der Waals surface area (Å²) in [4.78, 5) is 32.0. The molecule has 1 atom stereocenters. The maximum absolute atomic E-state index is 14.0. The van der Waals surface area contributed by atoms with Crippen LogP contribution in [0.1, 0.15) is 63.0 Å². The summed E-state index contributed by atoms with van der Waals surface area (Å²) in [6.07, 6.45) is 0.325. The molecule has 0 fully saturated rings. The van der Waals surface area contributed by atoms with Crippen LogP contribution in [0.4, 0.5) is 0 Å². The lowest BCUT2D eigenvalue weighted by molar-refractivity contribution is -0.141. The van der Waals surface area contributed by atoms with Crippen LogP contribution in [0.2, 0.25) is 10.1 Å². The molecular weight excluding hydrogens is 478 g/mol. The van der Waals surface area contributed by atoms with Crippen molar-refractivity contribution >= 4 is 20.3 Å². The van der Waals surface area contributed by atoms with E-state index >= 15 is 0 Å². The van der Waals surface area contributed by atoms with Gasteiger partial charge >= 0.3 is 11.9 Å². The van der Waals surface area contributed by atoms with Crippen molar-refractivity contribution in [3.8, 4) is 0 Å². The summed E-state index contributed by atoms with van der Waals surface area (Å²) < 4.78 is 6.69. The summed E-state index contributed by atoms with van der Waals surface area (Å²) in [6, 6.07) is 28.4. The van der Waals surface area contributed by atoms with Crippen LogP contribution in [0, 0.1) is 0 Å². The molecule has 0 aliphatic rings. The van der Waals surface area contributed by atoms with Crippen LogP contribution in [-0.2, 0) is 26.5 Å². The fraction of sp³-hybridized carbons (Fsp3) is 0.355. The monoisotopic (exact) mass is 517 g/mol. The number of nitrogens with one attached hydrogen (secondary N) is 1. The zero-order valence-corrected chi connectivity index (χ0v) is 23.8. The lowest BCUT2D eigenvalue weighted by Gasteiger charge is -2.50. The predicted molar refractivity (Wildman–Crippen MR) is 150 cm³/mol. The van der Waals surface area contributed by atoms with E-state index in [9.17, 15) is 9.59 Å². The number of benzene rings is 3. The van der Waals surface area contributed by atoms with Crippen LogP contribution in [-0.4, -0.2) is 26.3 Å². The summed E-state index contributed by atoms with van der Waals surface area (Å²) in [5.41, 5.74) is 5.24. The largest absolute Gasteiger partial charge is 0.516 e. The topological polar surface area (TPSA) is 64.6 Å². The van der Waals surface area contributed by atoms with Crippen molar-refractivity contribution in [2.45, 2.75) is 70.1 Å². The highest BCUT2D eigenvalue weighted by Gasteiger charge is 2.58. The minimum atomic E-state index is -2.83. The van der Waals surface area contributed by atoms with Gasteiger partial charge in [-0.05, 0) is 33.3 Å². The molecule has 0 saturated heterocycles. The Hall–Kier alpha value is -3.22. The van der Waals surface area contributed by atoms with Gasteiger partial charge in [0.15, 0.2) is 0 Å². The average Bonchev–Trinajstić information content (AvgIpc) is 2.86. The van der Waals surface area contributed by atoms with Crippen molar-refractivity contribution < 1.29 is 18.9 Å². The fourth-order valence-electron chi connectivity index (χ4n) is 4.90. The van der Waals surface area contributed by atoms with Crippen LogP contribution in [0.25, 0.3) is 0 Å². The molecule has 3 aromatic carbocycles. The summed E-state index contributed by atoms with van der Waals surface area (Å²) in [5, 5.41) is -0.510. The summed E-state index contributed by atoms with van der Waals surface area (Å²) in [6.45, 7) is 13.0. The molecule has 196 valence electrons. The van der Waals surface area contributed by atoms with Gasteiger partial charge in [0.2, 0.25) is 0 Å². The number of carbonyl (C=O) groups excluding carboxylic acids is 2. The normalized spacial score (nSPS) is 13.0. The molecule has 0 aliphatic carbocycles. The molecule has 0 bridgehead atoms. The molecule has 0 saturated carbocycles. The van der Waals surface area contributed by atoms with Crippen molar-refractivity contribution in [2.75, 3.05) is 0 Å². The SMILES string of the molecule is CC(C)(C)[Si](Cc1ccccc1)(OC(=O)[C@H](Cc1ccccc1)NOC(=O)c1ccccc1)C(C)(C)C. The second kappa shape index (κ2) is 11.9. The zero-order chi connectivity index (χ0) is 27.1. The Morgan fingerprint density at radius 1 is 0.730 bits per heavy atom. The lowest BCUT2D eigenvalue weighted by Crippen LogP contribution is -2.60. The van der Waals surface area contributed by atoms with Crippen LogP contribution < -0.4 is 5.48 Å². The number of hydrogen-bond acceptors (Lipinski definition) is 5. The minimum Gasteiger partial charge on any atom is -0.516 e. The van der Waals surface area contributed by atoms with Gasteiger partial charge in [-0.25, -0.2) is 4.79 Å². The molecule has 3 rings (SSSR count). The third-order valence-corrected chi connectivity index (χ3v) is 13.2. The molecule has 0 amide bonds. The van der Waals surface area contributed by atoms with E-state index in [0.29, 0.717) is 18.0 Å². The van der Waals surface area contributed by atoms with Gasteiger partial charge in [0, 0.05) is 12.5 Å². The van der Waals surface area contributed by atoms with Gasteiger partial charge in [0.25, 0.3) is 8.32 Å². The minimum absolute atomic E-state index is 0.255. The molecule has 3 aromatic rings. The maximum atomic E-state index is 14.0. The molecule has 0 spiro atoms. The van der Waals surface area contributed by atoms with Gasteiger partial charge < -0.3 is 9.26 Å². The highest BCUT2D eigenvalue weighted by molar-refractivity contribution is 6.80. The Morgan fingerprint density at radius 3 is 1.68 bits per heavy atom. The molecule has 0 aromatic heterocycles. The summed E-state index contributed by atoms with van der Waals surface area (Å²) >= 11 is 0. The Labute approximate surface area is 222 Å². The van der Waals surface area contributed by atoms with E-state index in [4.69, 9.17) is 9.26 Å². The third-order valence-electron chi connectivity index (χ3n) is 6.86. The number of hydrogen-bond donors (Lipinski definition) is 1. The number of carbonyl (C=O) groups is 2. The van der Waals surface area contributed by atoms with Crippen molar-refractivity contribution in [3.63, 3.8) is 0 Å². The van der Waals surface area contributed by atoms with E-state index in [0.717, 1.165) is 11.1 Å². The second-order valence-electron chi connectivity index (χ2n) is 11.5. The van der Waals surface area contributed by atoms with E-state index < -0.39 is 26.3 Å². The molecule has 37 heavy (non-hydrogen) atoms. The van der Waals surface area contributed by atoms with Gasteiger partial charge in [-0.3, -0.25) is 4.79 Å². The summed E-state index contributed by atoms with van der Waals surface area (Å²) in [5.74, 6) is -0.955. The average molecular weight is 518 g/mol. The molecule has 0 aliphatic heterocycles. The van der Waals surface area contributed by atoms with Crippen LogP contribution >= 0.6 is 0 Å². The first kappa shape index (κ1) is 28.3. The lowest BCUT2D eigenvalue weighted by atomic mass is 10.1. The van der Waals surface area contributed by atoms with Crippen LogP contribution in [0.3, 0.4) is 0 Å². The predicted octanol–water partition coefficient (Wildman–Crippen LogP) is 6.83. The van der Waals surface area contributed by atoms with E-state index in [2.05, 4.69) is 59.2 Å². The van der Waals surface area contributed by atoms with Crippen LogP contribution in [0.5, 0.6) is 0 Å². The van der Waals surface area contributed by atoms with E-state index in [1.165, 1.54) is 0 Å². The Balaban J connectivity index is 1.92. The first-order chi connectivity index (χ1) is 17.4. The second-order valence-corrected chi connectivity index (χ2v) is 16.7. The standard InChI is InChI=1S/C31H39NO4Si/c1-30(2,3)37(31(4,5)6,23-25-18-12-8-13-19-25)36-29(34)27(22-24-16-10-7-11-17-24)32-35-28(33)26-20-14-9-15-21-26/h7-21,27,32H,22-23H2,1-6H3/t27-/m0/s1. The highest BCUT2D eigenvalue weighted by atomic mass is 28.4. The molecule has 1 N–H and O–H groups in total. The van der Waals surface area contributed by atoms with Crippen molar-refractivity contribution in [1.29, 1.82) is 0 Å². The Bertz CT molecular complexity index is 1140. The molecule has 0 heterocycles. The van der Waals surface area contributed by atoms with E-state index in [1.54, 1.807) is 24.3 Å². The van der Waals surface area contributed by atoms with Gasteiger partial charge in [-0.15, -0.1) is 5.48 Å². The van der Waals surface area contributed by atoms with Gasteiger partial charge in [0.1, 0.15) is 6.04 Å². The van der Waals surface area contributed by atoms with Gasteiger partial charge in [-0.1, -0.05) is 120 Å². The van der Waals surface area contributed by atoms with E-state index in [1.807, 2.05) is 54.6 Å². The quantitative estimate of drug-likeness (QED) is 0.249. The highest BCUT2D eigenvalue weighted by Crippen LogP contribution is 2.53. The Morgan fingerprint density at radius 2 is 1.19 bits per heavy atom. The van der Waals surface area contributed by atoms with Crippen molar-refractivity contribution in [1.82, 2.24) is 5.48 Å². The third kappa shape index (κ3) is 7.18. The number of hydroxylamine groups is 1. The van der Waals surface area contributed by atoms with Gasteiger partial charge in [0.05, 0.1) is 5.56 Å². The van der Waals surface area contributed by atoms with Crippen molar-refractivity contribution in [3.05, 3.63) is 108 Å². The van der Waals surface area contributed by atoms with Gasteiger partial charge in [-0.2, -0.15) is 0 Å².